The van der Waals surface area contributed by atoms with Gasteiger partial charge in [0.05, 0.1) is 11.6 Å². The van der Waals surface area contributed by atoms with Crippen LogP contribution in [-0.4, -0.2) is 22.9 Å². The molecule has 19 heavy (non-hydrogen) atoms. The Balaban J connectivity index is 0.00000324. The Bertz CT molecular complexity index is 435. The lowest BCUT2D eigenvalue weighted by atomic mass is 9.93. The maximum absolute atomic E-state index is 11.9. The largest absolute Gasteiger partial charge is 0.433 e. The summed E-state index contributed by atoms with van der Waals surface area (Å²) in [4.78, 5) is 21.7. The molecule has 0 fully saturated rings. The molecule has 0 saturated carbocycles. The van der Waals surface area contributed by atoms with Crippen LogP contribution < -0.4 is 11.1 Å². The van der Waals surface area contributed by atoms with Crippen LogP contribution in [0.3, 0.4) is 0 Å². The number of hydrogen-bond acceptors (Lipinski definition) is 5. The van der Waals surface area contributed by atoms with Crippen LogP contribution in [-0.2, 0) is 0 Å². The molecule has 1 amide bonds. The predicted molar refractivity (Wildman–Crippen MR) is 72.4 cm³/mol. The van der Waals surface area contributed by atoms with Crippen molar-refractivity contribution in [1.82, 2.24) is 5.32 Å². The summed E-state index contributed by atoms with van der Waals surface area (Å²) < 4.78 is 4.83. The first-order valence-electron chi connectivity index (χ1n) is 5.74. The van der Waals surface area contributed by atoms with E-state index in [2.05, 4.69) is 5.32 Å². The lowest BCUT2D eigenvalue weighted by Crippen LogP contribution is -2.52. The molecule has 0 radical (unpaired) electrons. The third kappa shape index (κ3) is 3.93. The van der Waals surface area contributed by atoms with Crippen molar-refractivity contribution in [1.29, 1.82) is 0 Å². The molecule has 0 aromatic carbocycles. The van der Waals surface area contributed by atoms with E-state index >= 15 is 0 Å². The summed E-state index contributed by atoms with van der Waals surface area (Å²) in [5.74, 6) is -1.02. The number of nitrogens with one attached hydrogen (secondary N) is 1. The third-order valence-corrected chi connectivity index (χ3v) is 3.12. The Morgan fingerprint density at radius 1 is 1.47 bits per heavy atom. The van der Waals surface area contributed by atoms with Gasteiger partial charge in [-0.25, -0.2) is 0 Å². The minimum absolute atomic E-state index is 0. The summed E-state index contributed by atoms with van der Waals surface area (Å²) in [6, 6.07) is 2.43. The number of nitro groups is 1. The molecule has 0 atom stereocenters. The fourth-order valence-corrected chi connectivity index (χ4v) is 1.62. The molecule has 0 spiro atoms. The number of halogens is 1. The maximum atomic E-state index is 11.9. The van der Waals surface area contributed by atoms with Crippen LogP contribution in [0.4, 0.5) is 5.88 Å². The molecule has 0 unspecified atom stereocenters. The van der Waals surface area contributed by atoms with Crippen LogP contribution in [0.1, 0.15) is 37.2 Å². The summed E-state index contributed by atoms with van der Waals surface area (Å²) in [5, 5.41) is 13.2. The van der Waals surface area contributed by atoms with Crippen molar-refractivity contribution in [2.75, 3.05) is 6.54 Å². The maximum Gasteiger partial charge on any atom is 0.433 e. The summed E-state index contributed by atoms with van der Waals surface area (Å²) >= 11 is 0. The summed E-state index contributed by atoms with van der Waals surface area (Å²) in [5.41, 5.74) is 5.15. The van der Waals surface area contributed by atoms with Gasteiger partial charge in [0.1, 0.15) is 4.92 Å². The number of hydrogen-bond donors (Lipinski definition) is 2. The Morgan fingerprint density at radius 3 is 2.42 bits per heavy atom. The Labute approximate surface area is 117 Å². The van der Waals surface area contributed by atoms with E-state index in [1.165, 1.54) is 6.07 Å². The fraction of sp³-hybridized carbons (Fsp3) is 0.545. The zero-order valence-corrected chi connectivity index (χ0v) is 11.7. The van der Waals surface area contributed by atoms with Gasteiger partial charge in [-0.05, 0) is 18.9 Å². The van der Waals surface area contributed by atoms with Gasteiger partial charge in [-0.1, -0.05) is 13.8 Å². The molecule has 7 nitrogen and oxygen atoms in total. The van der Waals surface area contributed by atoms with Gasteiger partial charge in [-0.2, -0.15) is 0 Å². The van der Waals surface area contributed by atoms with E-state index in [1.807, 2.05) is 13.8 Å². The second-order valence-electron chi connectivity index (χ2n) is 4.04. The zero-order valence-electron chi connectivity index (χ0n) is 10.8. The number of furan rings is 1. The second kappa shape index (κ2) is 7.10. The molecule has 1 aromatic rings. The van der Waals surface area contributed by atoms with Gasteiger partial charge < -0.3 is 15.5 Å². The minimum Gasteiger partial charge on any atom is -0.395 e. The number of nitrogens with zero attached hydrogens (tertiary/aromatic N) is 1. The van der Waals surface area contributed by atoms with Gasteiger partial charge in [0.15, 0.2) is 5.76 Å². The molecular formula is C11H18ClN3O4. The minimum atomic E-state index is -0.688. The average Bonchev–Trinajstić information content (AvgIpc) is 2.86. The Morgan fingerprint density at radius 2 is 2.05 bits per heavy atom. The van der Waals surface area contributed by atoms with E-state index in [0.717, 1.165) is 6.07 Å². The first-order valence-corrected chi connectivity index (χ1v) is 5.74. The zero-order chi connectivity index (χ0) is 13.8. The lowest BCUT2D eigenvalue weighted by Gasteiger charge is -2.30. The van der Waals surface area contributed by atoms with E-state index in [4.69, 9.17) is 10.2 Å². The van der Waals surface area contributed by atoms with Gasteiger partial charge >= 0.3 is 5.88 Å². The van der Waals surface area contributed by atoms with Crippen LogP contribution in [0.2, 0.25) is 0 Å². The van der Waals surface area contributed by atoms with Gasteiger partial charge in [0, 0.05) is 6.54 Å². The van der Waals surface area contributed by atoms with Crippen molar-refractivity contribution in [3.05, 3.63) is 28.0 Å². The van der Waals surface area contributed by atoms with Gasteiger partial charge in [-0.3, -0.25) is 14.9 Å². The highest BCUT2D eigenvalue weighted by atomic mass is 35.5. The normalized spacial score (nSPS) is 10.7. The Hall–Kier alpha value is -1.60. The van der Waals surface area contributed by atoms with Crippen LogP contribution >= 0.6 is 12.4 Å². The van der Waals surface area contributed by atoms with Crippen LogP contribution in [0, 0.1) is 10.1 Å². The highest BCUT2D eigenvalue weighted by molar-refractivity contribution is 5.92. The Kier molecular flexibility index (Phi) is 6.51. The molecular weight excluding hydrogens is 274 g/mol. The summed E-state index contributed by atoms with van der Waals surface area (Å²) in [7, 11) is 0. The van der Waals surface area contributed by atoms with E-state index < -0.39 is 22.3 Å². The molecule has 1 aromatic heterocycles. The van der Waals surface area contributed by atoms with Crippen molar-refractivity contribution in [2.45, 2.75) is 32.2 Å². The van der Waals surface area contributed by atoms with E-state index in [0.29, 0.717) is 19.4 Å². The molecule has 1 rings (SSSR count). The monoisotopic (exact) mass is 291 g/mol. The number of carbonyl (C=O) groups excluding carboxylic acids is 1. The highest BCUT2D eigenvalue weighted by Gasteiger charge is 2.28. The van der Waals surface area contributed by atoms with Gasteiger partial charge in [0.25, 0.3) is 5.91 Å². The summed E-state index contributed by atoms with van der Waals surface area (Å²) in [6.45, 7) is 4.14. The van der Waals surface area contributed by atoms with E-state index in [-0.39, 0.29) is 18.2 Å². The van der Waals surface area contributed by atoms with Crippen molar-refractivity contribution in [2.24, 2.45) is 5.73 Å². The molecule has 0 saturated heterocycles. The van der Waals surface area contributed by atoms with Crippen molar-refractivity contribution in [3.63, 3.8) is 0 Å². The van der Waals surface area contributed by atoms with Crippen LogP contribution in [0.25, 0.3) is 0 Å². The van der Waals surface area contributed by atoms with Crippen LogP contribution in [0.15, 0.2) is 16.5 Å². The number of rotatable bonds is 6. The van der Waals surface area contributed by atoms with Gasteiger partial charge in [-0.15, -0.1) is 12.4 Å². The predicted octanol–water partition coefficient (Wildman–Crippen LogP) is 1.86. The number of nitrogens with two attached hydrogens (primary N) is 1. The first kappa shape index (κ1) is 17.4. The molecule has 0 aliphatic heterocycles. The molecule has 1 heterocycles. The fourth-order valence-electron chi connectivity index (χ4n) is 1.62. The third-order valence-electron chi connectivity index (χ3n) is 3.12. The van der Waals surface area contributed by atoms with Crippen LogP contribution in [0.5, 0.6) is 0 Å². The number of carbonyl (C=O) groups is 1. The van der Waals surface area contributed by atoms with Crippen molar-refractivity contribution >= 4 is 24.2 Å². The highest BCUT2D eigenvalue weighted by Crippen LogP contribution is 2.18. The molecule has 0 aliphatic rings. The second-order valence-corrected chi connectivity index (χ2v) is 4.04. The molecule has 8 heteroatoms. The van der Waals surface area contributed by atoms with Gasteiger partial charge in [0.2, 0.25) is 0 Å². The first-order chi connectivity index (χ1) is 8.48. The SMILES string of the molecule is CCC(CC)(CN)NC(=O)c1ccc([N+](=O)[O-])o1.Cl. The summed E-state index contributed by atoms with van der Waals surface area (Å²) in [6.07, 6.45) is 1.35. The van der Waals surface area contributed by atoms with E-state index in [1.54, 1.807) is 0 Å². The van der Waals surface area contributed by atoms with Crippen molar-refractivity contribution < 1.29 is 14.1 Å². The molecule has 0 aliphatic carbocycles. The standard InChI is InChI=1S/C11H17N3O4.ClH/c1-3-11(4-2,7-12)13-10(15)8-5-6-9(18-8)14(16)17;/h5-6H,3-4,7,12H2,1-2H3,(H,13,15);1H. The molecule has 3 N–H and O–H groups in total. The van der Waals surface area contributed by atoms with Crippen molar-refractivity contribution in [3.8, 4) is 0 Å². The molecule has 0 bridgehead atoms. The topological polar surface area (TPSA) is 111 Å². The quantitative estimate of drug-likeness (QED) is 0.613. The number of amides is 1. The molecule has 108 valence electrons. The van der Waals surface area contributed by atoms with E-state index in [9.17, 15) is 14.9 Å². The smallest absolute Gasteiger partial charge is 0.395 e. The lowest BCUT2D eigenvalue weighted by molar-refractivity contribution is -0.402. The average molecular weight is 292 g/mol.